The number of ether oxygens (including phenoxy) is 1. The number of carbonyl (C=O) groups is 1. The van der Waals surface area contributed by atoms with Crippen LogP contribution in [0.25, 0.3) is 22.4 Å². The zero-order chi connectivity index (χ0) is 29.3. The molecule has 12 heteroatoms. The number of aliphatic hydroxyl groups excluding tert-OH is 1. The molecule has 216 valence electrons. The minimum Gasteiger partial charge on any atom is -0.494 e. The number of benzene rings is 2. The summed E-state index contributed by atoms with van der Waals surface area (Å²) in [5.41, 5.74) is 7.25. The Hall–Kier alpha value is -4.16. The number of fused-ring (bicyclic) bond motifs is 1. The number of piperidine rings is 1. The highest BCUT2D eigenvalue weighted by Crippen LogP contribution is 2.37. The second-order valence-electron chi connectivity index (χ2n) is 9.99. The van der Waals surface area contributed by atoms with Crippen molar-refractivity contribution >= 4 is 22.5 Å². The van der Waals surface area contributed by atoms with Crippen molar-refractivity contribution in [3.05, 3.63) is 71.2 Å². The van der Waals surface area contributed by atoms with Crippen LogP contribution >= 0.6 is 0 Å². The highest BCUT2D eigenvalue weighted by Gasteiger charge is 2.33. The van der Waals surface area contributed by atoms with Gasteiger partial charge >= 0.3 is 6.18 Å². The molecule has 0 aliphatic carbocycles. The predicted octanol–water partition coefficient (Wildman–Crippen LogP) is 4.83. The first kappa shape index (κ1) is 28.4. The van der Waals surface area contributed by atoms with Crippen molar-refractivity contribution in [2.24, 2.45) is 5.73 Å². The molecule has 1 aliphatic rings. The third kappa shape index (κ3) is 5.98. The van der Waals surface area contributed by atoms with Gasteiger partial charge in [0, 0.05) is 36.3 Å². The first-order chi connectivity index (χ1) is 19.5. The van der Waals surface area contributed by atoms with Crippen molar-refractivity contribution in [3.63, 3.8) is 0 Å². The molecule has 4 aromatic rings. The Morgan fingerprint density at radius 3 is 2.49 bits per heavy atom. The Morgan fingerprint density at radius 2 is 1.85 bits per heavy atom. The van der Waals surface area contributed by atoms with Gasteiger partial charge in [0.05, 0.1) is 19.3 Å². The lowest BCUT2D eigenvalue weighted by Crippen LogP contribution is -2.35. The number of nitrogens with two attached hydrogens (primary N) is 1. The molecule has 2 aromatic carbocycles. The molecular weight excluding hydrogens is 539 g/mol. The maximum Gasteiger partial charge on any atom is 0.433 e. The van der Waals surface area contributed by atoms with Gasteiger partial charge in [-0.2, -0.15) is 13.2 Å². The Morgan fingerprint density at radius 1 is 1.15 bits per heavy atom. The molecule has 0 bridgehead atoms. The summed E-state index contributed by atoms with van der Waals surface area (Å²) in [6.07, 6.45) is -3.42. The number of oxazole rings is 1. The van der Waals surface area contributed by atoms with Crippen molar-refractivity contribution in [1.82, 2.24) is 15.3 Å². The molecule has 3 heterocycles. The fraction of sp³-hybridized carbons (Fsp3) is 0.345. The number of aromatic nitrogens is 2. The molecular formula is C29H30F3N5O4. The van der Waals surface area contributed by atoms with Gasteiger partial charge in [-0.25, -0.2) is 9.97 Å². The second-order valence-corrected chi connectivity index (χ2v) is 9.99. The van der Waals surface area contributed by atoms with E-state index in [0.717, 1.165) is 43.2 Å². The SMILES string of the molecule is COc1ccc(-c2nc(C(=O)NCc3ccc(N4CCC(O)CC4)cc3)c([C@H](C)N)o2)c2ccc(C(F)(F)F)nc12. The van der Waals surface area contributed by atoms with Gasteiger partial charge in [0.2, 0.25) is 5.89 Å². The number of amides is 1. The average Bonchev–Trinajstić information content (AvgIpc) is 3.41. The minimum absolute atomic E-state index is 0.0117. The van der Waals surface area contributed by atoms with Crippen LogP contribution in [0.5, 0.6) is 5.75 Å². The van der Waals surface area contributed by atoms with Crippen LogP contribution in [-0.2, 0) is 12.7 Å². The highest BCUT2D eigenvalue weighted by molar-refractivity contribution is 5.98. The number of halogens is 3. The topological polar surface area (TPSA) is 127 Å². The highest BCUT2D eigenvalue weighted by atomic mass is 19.4. The van der Waals surface area contributed by atoms with E-state index in [-0.39, 0.29) is 41.3 Å². The first-order valence-corrected chi connectivity index (χ1v) is 13.2. The lowest BCUT2D eigenvalue weighted by molar-refractivity contribution is -0.140. The second kappa shape index (κ2) is 11.4. The number of rotatable bonds is 7. The van der Waals surface area contributed by atoms with E-state index in [0.29, 0.717) is 10.9 Å². The van der Waals surface area contributed by atoms with Crippen molar-refractivity contribution < 1.29 is 32.2 Å². The van der Waals surface area contributed by atoms with Crippen molar-refractivity contribution in [1.29, 1.82) is 0 Å². The average molecular weight is 570 g/mol. The number of nitrogens with zero attached hydrogens (tertiary/aromatic N) is 3. The van der Waals surface area contributed by atoms with Gasteiger partial charge in [-0.3, -0.25) is 4.79 Å². The zero-order valence-corrected chi connectivity index (χ0v) is 22.5. The number of anilines is 1. The summed E-state index contributed by atoms with van der Waals surface area (Å²) in [4.78, 5) is 23.5. The lowest BCUT2D eigenvalue weighted by atomic mass is 10.1. The van der Waals surface area contributed by atoms with E-state index in [1.165, 1.54) is 19.2 Å². The van der Waals surface area contributed by atoms with E-state index in [1.807, 2.05) is 24.3 Å². The van der Waals surface area contributed by atoms with Gasteiger partial charge in [0.15, 0.2) is 11.5 Å². The lowest BCUT2D eigenvalue weighted by Gasteiger charge is -2.31. The number of carbonyl (C=O) groups excluding carboxylic acids is 1. The molecule has 1 fully saturated rings. The summed E-state index contributed by atoms with van der Waals surface area (Å²) in [6.45, 7) is 3.44. The molecule has 0 saturated carbocycles. The molecule has 2 aromatic heterocycles. The van der Waals surface area contributed by atoms with Crippen LogP contribution in [0, 0.1) is 0 Å². The van der Waals surface area contributed by atoms with Crippen molar-refractivity contribution in [3.8, 4) is 17.2 Å². The van der Waals surface area contributed by atoms with Crippen LogP contribution in [-0.4, -0.2) is 47.3 Å². The number of alkyl halides is 3. The molecule has 1 aliphatic heterocycles. The Kier molecular flexibility index (Phi) is 7.87. The first-order valence-electron chi connectivity index (χ1n) is 13.2. The quantitative estimate of drug-likeness (QED) is 0.289. The molecule has 0 spiro atoms. The van der Waals surface area contributed by atoms with Crippen LogP contribution in [0.3, 0.4) is 0 Å². The van der Waals surface area contributed by atoms with Crippen molar-refractivity contribution in [2.45, 2.75) is 44.6 Å². The monoisotopic (exact) mass is 569 g/mol. The van der Waals surface area contributed by atoms with Crippen LogP contribution in [0.15, 0.2) is 52.9 Å². The fourth-order valence-corrected chi connectivity index (χ4v) is 4.83. The van der Waals surface area contributed by atoms with E-state index in [2.05, 4.69) is 20.2 Å². The molecule has 0 radical (unpaired) electrons. The number of methoxy groups -OCH3 is 1. The molecule has 4 N–H and O–H groups in total. The van der Waals surface area contributed by atoms with Gasteiger partial charge < -0.3 is 30.2 Å². The molecule has 0 unspecified atom stereocenters. The van der Waals surface area contributed by atoms with E-state index in [9.17, 15) is 23.1 Å². The zero-order valence-electron chi connectivity index (χ0n) is 22.5. The maximum atomic E-state index is 13.3. The molecule has 1 saturated heterocycles. The molecule has 1 atom stereocenters. The van der Waals surface area contributed by atoms with Gasteiger partial charge in [0.25, 0.3) is 5.91 Å². The summed E-state index contributed by atoms with van der Waals surface area (Å²) in [7, 11) is 1.34. The largest absolute Gasteiger partial charge is 0.494 e. The number of hydrogen-bond acceptors (Lipinski definition) is 8. The molecule has 1 amide bonds. The van der Waals surface area contributed by atoms with Gasteiger partial charge in [0.1, 0.15) is 17.0 Å². The van der Waals surface area contributed by atoms with Crippen LogP contribution in [0.2, 0.25) is 0 Å². The molecule has 9 nitrogen and oxygen atoms in total. The van der Waals surface area contributed by atoms with Crippen LogP contribution in [0.4, 0.5) is 18.9 Å². The van der Waals surface area contributed by atoms with Gasteiger partial charge in [-0.05, 0) is 61.7 Å². The Labute approximate surface area is 234 Å². The Bertz CT molecular complexity index is 1540. The number of nitrogens with one attached hydrogen (secondary N) is 1. The standard InChI is InChI=1S/C29H30F3N5O4/c1-16(33)26-25(27(39)34-15-17-3-5-18(6-4-17)37-13-11-19(38)12-14-37)36-28(41-26)21-7-9-22(40-2)24-20(21)8-10-23(35-24)29(30,31)32/h3-10,16,19,38H,11-15,33H2,1-2H3,(H,34,39)/t16-/m0/s1. The summed E-state index contributed by atoms with van der Waals surface area (Å²) in [5.74, 6) is -0.191. The summed E-state index contributed by atoms with van der Waals surface area (Å²) < 4.78 is 51.1. The Balaban J connectivity index is 1.38. The van der Waals surface area contributed by atoms with E-state index in [4.69, 9.17) is 14.9 Å². The third-order valence-electron chi connectivity index (χ3n) is 7.06. The summed E-state index contributed by atoms with van der Waals surface area (Å²) >= 11 is 0. The fourth-order valence-electron chi connectivity index (χ4n) is 4.83. The van der Waals surface area contributed by atoms with Gasteiger partial charge in [-0.15, -0.1) is 0 Å². The molecule has 5 rings (SSSR count). The van der Waals surface area contributed by atoms with Crippen molar-refractivity contribution in [2.75, 3.05) is 25.1 Å². The van der Waals surface area contributed by atoms with Gasteiger partial charge in [-0.1, -0.05) is 12.1 Å². The van der Waals surface area contributed by atoms with E-state index < -0.39 is 23.8 Å². The smallest absolute Gasteiger partial charge is 0.433 e. The number of hydrogen-bond donors (Lipinski definition) is 3. The number of pyridine rings is 1. The van der Waals surface area contributed by atoms with Crippen LogP contribution < -0.4 is 20.7 Å². The summed E-state index contributed by atoms with van der Waals surface area (Å²) in [5, 5.41) is 12.9. The maximum absolute atomic E-state index is 13.3. The van der Waals surface area contributed by atoms with E-state index >= 15 is 0 Å². The normalized spacial score (nSPS) is 15.2. The molecule has 41 heavy (non-hydrogen) atoms. The van der Waals surface area contributed by atoms with E-state index in [1.54, 1.807) is 13.0 Å². The number of aliphatic hydroxyl groups is 1. The summed E-state index contributed by atoms with van der Waals surface area (Å²) in [6, 6.07) is 12.3. The predicted molar refractivity (Wildman–Crippen MR) is 146 cm³/mol. The minimum atomic E-state index is -4.64. The van der Waals surface area contributed by atoms with Crippen LogP contribution in [0.1, 0.15) is 53.3 Å². The third-order valence-corrected chi connectivity index (χ3v) is 7.06.